The van der Waals surface area contributed by atoms with Crippen molar-refractivity contribution >= 4 is 38.4 Å². The maximum absolute atomic E-state index is 11.7. The van der Waals surface area contributed by atoms with Crippen LogP contribution in [0.15, 0.2) is 27.7 Å². The van der Waals surface area contributed by atoms with Crippen molar-refractivity contribution in [3.05, 3.63) is 38.3 Å². The Bertz CT molecular complexity index is 559. The number of hydrogen-bond acceptors (Lipinski definition) is 2. The van der Waals surface area contributed by atoms with Crippen molar-refractivity contribution in [2.75, 3.05) is 0 Å². The molecule has 0 spiro atoms. The molecule has 0 atom stereocenters. The van der Waals surface area contributed by atoms with Gasteiger partial charge in [0, 0.05) is 11.5 Å². The summed E-state index contributed by atoms with van der Waals surface area (Å²) in [6.07, 6.45) is 1.48. The van der Waals surface area contributed by atoms with Crippen LogP contribution in [0.2, 0.25) is 5.02 Å². The number of hydrogen-bond donors (Lipinski definition) is 0. The highest BCUT2D eigenvalue weighted by molar-refractivity contribution is 9.10. The second kappa shape index (κ2) is 3.37. The average molecular weight is 274 g/mol. The van der Waals surface area contributed by atoms with Crippen LogP contribution in [0.5, 0.6) is 0 Å². The summed E-state index contributed by atoms with van der Waals surface area (Å²) in [7, 11) is 1.64. The fourth-order valence-electron chi connectivity index (χ4n) is 1.23. The van der Waals surface area contributed by atoms with Gasteiger partial charge in [0.1, 0.15) is 0 Å². The van der Waals surface area contributed by atoms with Crippen LogP contribution in [-0.4, -0.2) is 9.55 Å². The normalized spacial score (nSPS) is 10.8. The molecule has 14 heavy (non-hydrogen) atoms. The Morgan fingerprint density at radius 2 is 2.21 bits per heavy atom. The topological polar surface area (TPSA) is 34.9 Å². The Morgan fingerprint density at radius 3 is 2.93 bits per heavy atom. The summed E-state index contributed by atoms with van der Waals surface area (Å²) in [4.78, 5) is 15.8. The van der Waals surface area contributed by atoms with Gasteiger partial charge in [0.05, 0.1) is 22.3 Å². The zero-order chi connectivity index (χ0) is 10.3. The average Bonchev–Trinajstić information content (AvgIpc) is 2.17. The Balaban J connectivity index is 3.06. The quantitative estimate of drug-likeness (QED) is 0.738. The van der Waals surface area contributed by atoms with Crippen molar-refractivity contribution in [1.82, 2.24) is 9.55 Å². The van der Waals surface area contributed by atoms with Gasteiger partial charge in [0.2, 0.25) is 0 Å². The molecule has 0 saturated heterocycles. The highest BCUT2D eigenvalue weighted by Crippen LogP contribution is 2.27. The first-order valence-electron chi connectivity index (χ1n) is 3.90. The van der Waals surface area contributed by atoms with Gasteiger partial charge in [-0.15, -0.1) is 0 Å². The molecule has 0 aliphatic heterocycles. The lowest BCUT2D eigenvalue weighted by Gasteiger charge is -2.03. The van der Waals surface area contributed by atoms with Gasteiger partial charge >= 0.3 is 0 Å². The van der Waals surface area contributed by atoms with Gasteiger partial charge in [0.25, 0.3) is 5.56 Å². The molecule has 0 amide bonds. The molecule has 0 saturated carbocycles. The van der Waals surface area contributed by atoms with Crippen LogP contribution in [0, 0.1) is 0 Å². The summed E-state index contributed by atoms with van der Waals surface area (Å²) in [5.41, 5.74) is 0.475. The number of rotatable bonds is 0. The van der Waals surface area contributed by atoms with Crippen LogP contribution in [-0.2, 0) is 7.05 Å². The maximum Gasteiger partial charge on any atom is 0.262 e. The van der Waals surface area contributed by atoms with E-state index in [1.54, 1.807) is 19.2 Å². The van der Waals surface area contributed by atoms with Crippen LogP contribution < -0.4 is 5.56 Å². The summed E-state index contributed by atoms with van der Waals surface area (Å²) in [6, 6.07) is 3.53. The van der Waals surface area contributed by atoms with E-state index in [0.717, 1.165) is 0 Å². The molecule has 0 unspecified atom stereocenters. The molecule has 0 radical (unpaired) electrons. The molecule has 0 N–H and O–H groups in total. The fourth-order valence-corrected chi connectivity index (χ4v) is 1.80. The SMILES string of the molecule is Cn1cnc2ccc(Br)c(Cl)c2c1=O. The highest BCUT2D eigenvalue weighted by atomic mass is 79.9. The van der Waals surface area contributed by atoms with Crippen molar-refractivity contribution in [2.45, 2.75) is 0 Å². The molecule has 0 fully saturated rings. The highest BCUT2D eigenvalue weighted by Gasteiger charge is 2.08. The predicted molar refractivity (Wildman–Crippen MR) is 59.7 cm³/mol. The van der Waals surface area contributed by atoms with E-state index in [4.69, 9.17) is 11.6 Å². The lowest BCUT2D eigenvalue weighted by atomic mass is 10.2. The standard InChI is InChI=1S/C9H6BrClN2O/c1-13-4-12-6-3-2-5(10)8(11)7(6)9(13)14/h2-4H,1H3. The Hall–Kier alpha value is -0.870. The van der Waals surface area contributed by atoms with Crippen molar-refractivity contribution in [3.8, 4) is 0 Å². The van der Waals surface area contributed by atoms with Crippen LogP contribution in [0.3, 0.4) is 0 Å². The van der Waals surface area contributed by atoms with E-state index in [2.05, 4.69) is 20.9 Å². The summed E-state index contributed by atoms with van der Waals surface area (Å²) >= 11 is 9.27. The molecule has 3 nitrogen and oxygen atoms in total. The molecule has 0 aliphatic rings. The van der Waals surface area contributed by atoms with Gasteiger partial charge in [-0.2, -0.15) is 0 Å². The molecular formula is C9H6BrClN2O. The lowest BCUT2D eigenvalue weighted by molar-refractivity contribution is 0.843. The second-order valence-corrected chi connectivity index (χ2v) is 4.15. The number of halogens is 2. The van der Waals surface area contributed by atoms with E-state index in [0.29, 0.717) is 20.4 Å². The smallest absolute Gasteiger partial charge is 0.262 e. The molecule has 1 heterocycles. The van der Waals surface area contributed by atoms with Crippen molar-refractivity contribution in [2.24, 2.45) is 7.05 Å². The Morgan fingerprint density at radius 1 is 1.50 bits per heavy atom. The van der Waals surface area contributed by atoms with E-state index in [1.807, 2.05) is 0 Å². The molecule has 0 bridgehead atoms. The Kier molecular flexibility index (Phi) is 2.33. The molecule has 72 valence electrons. The zero-order valence-electron chi connectivity index (χ0n) is 7.29. The van der Waals surface area contributed by atoms with E-state index in [9.17, 15) is 4.79 Å². The minimum absolute atomic E-state index is 0.138. The minimum atomic E-state index is -0.138. The van der Waals surface area contributed by atoms with Crippen LogP contribution in [0.25, 0.3) is 10.9 Å². The van der Waals surface area contributed by atoms with Gasteiger partial charge in [-0.25, -0.2) is 4.98 Å². The lowest BCUT2D eigenvalue weighted by Crippen LogP contribution is -2.17. The molecule has 2 rings (SSSR count). The summed E-state index contributed by atoms with van der Waals surface area (Å²) < 4.78 is 2.11. The molecule has 1 aromatic carbocycles. The Labute approximate surface area is 93.5 Å². The third-order valence-corrected chi connectivity index (χ3v) is 3.26. The van der Waals surface area contributed by atoms with Gasteiger partial charge in [-0.1, -0.05) is 11.6 Å². The van der Waals surface area contributed by atoms with Gasteiger partial charge < -0.3 is 4.57 Å². The minimum Gasteiger partial charge on any atom is -0.302 e. The van der Waals surface area contributed by atoms with E-state index < -0.39 is 0 Å². The van der Waals surface area contributed by atoms with Crippen LogP contribution in [0.1, 0.15) is 0 Å². The predicted octanol–water partition coefficient (Wildman–Crippen LogP) is 2.35. The summed E-state index contributed by atoms with van der Waals surface area (Å²) in [5, 5.41) is 0.863. The van der Waals surface area contributed by atoms with Gasteiger partial charge in [-0.05, 0) is 28.1 Å². The third-order valence-electron chi connectivity index (χ3n) is 1.98. The number of nitrogens with zero attached hydrogens (tertiary/aromatic N) is 2. The number of benzene rings is 1. The molecule has 0 aliphatic carbocycles. The molecule has 2 aromatic rings. The maximum atomic E-state index is 11.7. The van der Waals surface area contributed by atoms with E-state index >= 15 is 0 Å². The number of aryl methyl sites for hydroxylation is 1. The number of fused-ring (bicyclic) bond motifs is 1. The van der Waals surface area contributed by atoms with Crippen molar-refractivity contribution in [1.29, 1.82) is 0 Å². The second-order valence-electron chi connectivity index (χ2n) is 2.92. The van der Waals surface area contributed by atoms with Crippen molar-refractivity contribution < 1.29 is 0 Å². The largest absolute Gasteiger partial charge is 0.302 e. The van der Waals surface area contributed by atoms with Crippen LogP contribution in [0.4, 0.5) is 0 Å². The first-order valence-corrected chi connectivity index (χ1v) is 5.07. The van der Waals surface area contributed by atoms with Crippen LogP contribution >= 0.6 is 27.5 Å². The fraction of sp³-hybridized carbons (Fsp3) is 0.111. The first-order chi connectivity index (χ1) is 6.61. The summed E-state index contributed by atoms with van der Waals surface area (Å²) in [6.45, 7) is 0. The van der Waals surface area contributed by atoms with E-state index in [-0.39, 0.29) is 5.56 Å². The zero-order valence-corrected chi connectivity index (χ0v) is 9.63. The molecule has 5 heteroatoms. The molecule has 1 aromatic heterocycles. The van der Waals surface area contributed by atoms with Gasteiger partial charge in [0.15, 0.2) is 0 Å². The van der Waals surface area contributed by atoms with Gasteiger partial charge in [-0.3, -0.25) is 4.79 Å². The van der Waals surface area contributed by atoms with Crippen molar-refractivity contribution in [3.63, 3.8) is 0 Å². The molecular weight excluding hydrogens is 267 g/mol. The number of aromatic nitrogens is 2. The third kappa shape index (κ3) is 1.35. The first kappa shape index (κ1) is 9.68. The van der Waals surface area contributed by atoms with E-state index in [1.165, 1.54) is 10.9 Å². The monoisotopic (exact) mass is 272 g/mol. The summed E-state index contributed by atoms with van der Waals surface area (Å²) in [5.74, 6) is 0.